The maximum absolute atomic E-state index is 11.0. The van der Waals surface area contributed by atoms with E-state index in [1.54, 1.807) is 0 Å². The lowest BCUT2D eigenvalue weighted by atomic mass is 10.3. The van der Waals surface area contributed by atoms with Crippen LogP contribution in [0.5, 0.6) is 0 Å². The average molecular weight is 301 g/mol. The van der Waals surface area contributed by atoms with E-state index in [2.05, 4.69) is 29.4 Å². The van der Waals surface area contributed by atoms with E-state index in [0.29, 0.717) is 12.5 Å². The molecule has 0 spiro atoms. The van der Waals surface area contributed by atoms with Crippen molar-refractivity contribution < 1.29 is 4.79 Å². The normalized spacial score (nSPS) is 19.7. The van der Waals surface area contributed by atoms with E-state index in [1.807, 2.05) is 12.4 Å². The molecule has 22 heavy (non-hydrogen) atoms. The van der Waals surface area contributed by atoms with Crippen molar-refractivity contribution in [3.8, 4) is 0 Å². The van der Waals surface area contributed by atoms with Gasteiger partial charge >= 0.3 is 0 Å². The van der Waals surface area contributed by atoms with Gasteiger partial charge in [0.05, 0.1) is 6.54 Å². The van der Waals surface area contributed by atoms with Gasteiger partial charge in [-0.3, -0.25) is 14.1 Å². The van der Waals surface area contributed by atoms with Crippen molar-refractivity contribution in [1.29, 1.82) is 0 Å². The van der Waals surface area contributed by atoms with Crippen LogP contribution < -0.4 is 10.6 Å². The largest absolute Gasteiger partial charge is 0.369 e. The van der Waals surface area contributed by atoms with E-state index in [9.17, 15) is 4.79 Å². The first-order chi connectivity index (χ1) is 10.7. The average Bonchev–Trinajstić information content (AvgIpc) is 3.26. The van der Waals surface area contributed by atoms with Crippen molar-refractivity contribution in [3.05, 3.63) is 18.2 Å². The molecule has 2 aromatic heterocycles. The summed E-state index contributed by atoms with van der Waals surface area (Å²) in [6.07, 6.45) is 6.15. The molecule has 2 fully saturated rings. The standard InChI is InChI=1S/C14H19N7O/c15-11(22)9-19-5-7-20(8-6-19)13-14-18-17-12(10-1-2-10)21(14)4-3-16-13/h3-4,10H,1-2,5-9H2,(H2,15,22). The second kappa shape index (κ2) is 5.20. The van der Waals surface area contributed by atoms with Crippen molar-refractivity contribution in [1.82, 2.24) is 24.5 Å². The molecule has 0 bridgehead atoms. The van der Waals surface area contributed by atoms with Crippen LogP contribution in [0.3, 0.4) is 0 Å². The molecule has 1 saturated carbocycles. The van der Waals surface area contributed by atoms with Crippen LogP contribution in [0.1, 0.15) is 24.6 Å². The first-order valence-electron chi connectivity index (χ1n) is 7.67. The molecule has 0 aromatic carbocycles. The molecular weight excluding hydrogens is 282 g/mol. The summed E-state index contributed by atoms with van der Waals surface area (Å²) in [5, 5.41) is 8.69. The molecule has 2 N–H and O–H groups in total. The summed E-state index contributed by atoms with van der Waals surface area (Å²) in [5.41, 5.74) is 6.08. The van der Waals surface area contributed by atoms with Crippen molar-refractivity contribution in [2.45, 2.75) is 18.8 Å². The molecule has 8 nitrogen and oxygen atoms in total. The van der Waals surface area contributed by atoms with Crippen LogP contribution >= 0.6 is 0 Å². The van der Waals surface area contributed by atoms with E-state index in [0.717, 1.165) is 43.5 Å². The monoisotopic (exact) mass is 301 g/mol. The highest BCUT2D eigenvalue weighted by atomic mass is 16.1. The van der Waals surface area contributed by atoms with Crippen LogP contribution in [-0.4, -0.2) is 63.1 Å². The Labute approximate surface area is 127 Å². The van der Waals surface area contributed by atoms with Gasteiger partial charge in [-0.1, -0.05) is 0 Å². The Hall–Kier alpha value is -2.22. The van der Waals surface area contributed by atoms with E-state index in [4.69, 9.17) is 5.73 Å². The third-order valence-corrected chi connectivity index (χ3v) is 4.33. The van der Waals surface area contributed by atoms with E-state index in [1.165, 1.54) is 12.8 Å². The Bertz CT molecular complexity index is 700. The number of fused-ring (bicyclic) bond motifs is 1. The highest BCUT2D eigenvalue weighted by Gasteiger charge is 2.30. The first-order valence-corrected chi connectivity index (χ1v) is 7.67. The van der Waals surface area contributed by atoms with Crippen LogP contribution in [0.15, 0.2) is 12.4 Å². The fourth-order valence-electron chi connectivity index (χ4n) is 3.01. The molecule has 0 atom stereocenters. The predicted molar refractivity (Wildman–Crippen MR) is 80.6 cm³/mol. The quantitative estimate of drug-likeness (QED) is 0.827. The summed E-state index contributed by atoms with van der Waals surface area (Å²) in [5.74, 6) is 2.20. The van der Waals surface area contributed by atoms with Crippen molar-refractivity contribution >= 4 is 17.4 Å². The smallest absolute Gasteiger partial charge is 0.231 e. The summed E-state index contributed by atoms with van der Waals surface area (Å²) in [7, 11) is 0. The second-order valence-corrected chi connectivity index (χ2v) is 6.01. The zero-order valence-corrected chi connectivity index (χ0v) is 12.4. The van der Waals surface area contributed by atoms with Gasteiger partial charge in [-0.25, -0.2) is 4.98 Å². The number of hydrogen-bond donors (Lipinski definition) is 1. The Morgan fingerprint density at radius 1 is 1.23 bits per heavy atom. The predicted octanol–water partition coefficient (Wildman–Crippen LogP) is -0.391. The number of rotatable bonds is 4. The molecule has 3 heterocycles. The zero-order chi connectivity index (χ0) is 15.1. The number of amides is 1. The van der Waals surface area contributed by atoms with Crippen LogP contribution in [0, 0.1) is 0 Å². The highest BCUT2D eigenvalue weighted by Crippen LogP contribution is 2.39. The van der Waals surface area contributed by atoms with Gasteiger partial charge in [0.15, 0.2) is 5.82 Å². The molecule has 4 rings (SSSR count). The first kappa shape index (κ1) is 13.4. The Morgan fingerprint density at radius 2 is 2.00 bits per heavy atom. The number of nitrogens with zero attached hydrogens (tertiary/aromatic N) is 6. The molecule has 1 amide bonds. The lowest BCUT2D eigenvalue weighted by Gasteiger charge is -2.34. The summed E-state index contributed by atoms with van der Waals surface area (Å²) in [6.45, 7) is 3.55. The lowest BCUT2D eigenvalue weighted by Crippen LogP contribution is -2.49. The SMILES string of the molecule is NC(=O)CN1CCN(c2nccn3c(C4CC4)nnc23)CC1. The van der Waals surface area contributed by atoms with Crippen molar-refractivity contribution in [3.63, 3.8) is 0 Å². The van der Waals surface area contributed by atoms with E-state index < -0.39 is 0 Å². The number of carbonyl (C=O) groups is 1. The molecular formula is C14H19N7O. The number of piperazine rings is 1. The third kappa shape index (κ3) is 2.39. The Morgan fingerprint density at radius 3 is 2.68 bits per heavy atom. The zero-order valence-electron chi connectivity index (χ0n) is 12.4. The van der Waals surface area contributed by atoms with E-state index >= 15 is 0 Å². The topological polar surface area (TPSA) is 92.7 Å². The van der Waals surface area contributed by atoms with Gasteiger partial charge < -0.3 is 10.6 Å². The Balaban J connectivity index is 1.56. The summed E-state index contributed by atoms with van der Waals surface area (Å²) in [6, 6.07) is 0. The van der Waals surface area contributed by atoms with Crippen LogP contribution in [0.25, 0.3) is 5.65 Å². The fraction of sp³-hybridized carbons (Fsp3) is 0.571. The summed E-state index contributed by atoms with van der Waals surface area (Å²) in [4.78, 5) is 19.8. The Kier molecular flexibility index (Phi) is 3.18. The number of primary amides is 1. The molecule has 2 aromatic rings. The number of nitrogens with two attached hydrogens (primary N) is 1. The highest BCUT2D eigenvalue weighted by molar-refractivity contribution is 5.76. The molecule has 116 valence electrons. The van der Waals surface area contributed by atoms with Crippen LogP contribution in [-0.2, 0) is 4.79 Å². The second-order valence-electron chi connectivity index (χ2n) is 6.01. The summed E-state index contributed by atoms with van der Waals surface area (Å²) >= 11 is 0. The molecule has 1 saturated heterocycles. The third-order valence-electron chi connectivity index (χ3n) is 4.33. The van der Waals surface area contributed by atoms with Gasteiger partial charge in [-0.15, -0.1) is 10.2 Å². The molecule has 0 radical (unpaired) electrons. The summed E-state index contributed by atoms with van der Waals surface area (Å²) < 4.78 is 2.07. The van der Waals surface area contributed by atoms with Gasteiger partial charge in [0, 0.05) is 44.5 Å². The molecule has 0 unspecified atom stereocenters. The van der Waals surface area contributed by atoms with Gasteiger partial charge in [-0.2, -0.15) is 0 Å². The van der Waals surface area contributed by atoms with Crippen LogP contribution in [0.4, 0.5) is 5.82 Å². The number of carbonyl (C=O) groups excluding carboxylic acids is 1. The minimum Gasteiger partial charge on any atom is -0.369 e. The van der Waals surface area contributed by atoms with Crippen molar-refractivity contribution in [2.24, 2.45) is 5.73 Å². The minimum absolute atomic E-state index is 0.278. The number of aromatic nitrogens is 4. The fourth-order valence-corrected chi connectivity index (χ4v) is 3.01. The maximum atomic E-state index is 11.0. The van der Waals surface area contributed by atoms with Gasteiger partial charge in [0.2, 0.25) is 11.6 Å². The van der Waals surface area contributed by atoms with Crippen molar-refractivity contribution in [2.75, 3.05) is 37.6 Å². The molecule has 2 aliphatic rings. The number of hydrogen-bond acceptors (Lipinski definition) is 6. The number of anilines is 1. The maximum Gasteiger partial charge on any atom is 0.231 e. The minimum atomic E-state index is -0.278. The molecule has 1 aliphatic carbocycles. The van der Waals surface area contributed by atoms with Gasteiger partial charge in [-0.05, 0) is 12.8 Å². The molecule has 8 heteroatoms. The van der Waals surface area contributed by atoms with Gasteiger partial charge in [0.25, 0.3) is 0 Å². The van der Waals surface area contributed by atoms with Gasteiger partial charge in [0.1, 0.15) is 5.82 Å². The van der Waals surface area contributed by atoms with E-state index in [-0.39, 0.29) is 5.91 Å². The lowest BCUT2D eigenvalue weighted by molar-refractivity contribution is -0.119. The van der Waals surface area contributed by atoms with Crippen LogP contribution in [0.2, 0.25) is 0 Å². The molecule has 1 aliphatic heterocycles.